The molecular weight excluding hydrogens is 669 g/mol. The highest BCUT2D eigenvalue weighted by molar-refractivity contribution is 7.09. The number of Topliss-reactive ketones (excluding diaryl/α,β-unsaturated/α-hetero) is 1. The molecule has 1 aromatic carbocycles. The highest BCUT2D eigenvalue weighted by atomic mass is 32.1. The van der Waals surface area contributed by atoms with Crippen molar-refractivity contribution in [3.63, 3.8) is 0 Å². The van der Waals surface area contributed by atoms with E-state index in [0.29, 0.717) is 17.8 Å². The molecule has 2 heterocycles. The molecule has 1 aliphatic rings. The van der Waals surface area contributed by atoms with Gasteiger partial charge in [-0.3, -0.25) is 28.9 Å². The van der Waals surface area contributed by atoms with Gasteiger partial charge in [-0.2, -0.15) is 0 Å². The van der Waals surface area contributed by atoms with Crippen LogP contribution in [0.5, 0.6) is 0 Å². The van der Waals surface area contributed by atoms with Crippen molar-refractivity contribution in [3.05, 3.63) is 52.0 Å². The van der Waals surface area contributed by atoms with Crippen molar-refractivity contribution in [2.75, 3.05) is 20.7 Å². The van der Waals surface area contributed by atoms with Crippen molar-refractivity contribution < 1.29 is 33.4 Å². The molecule has 1 aromatic heterocycles. The van der Waals surface area contributed by atoms with Crippen LogP contribution in [0.1, 0.15) is 114 Å². The maximum absolute atomic E-state index is 13.9. The average molecular weight is 727 g/mol. The zero-order valence-electron chi connectivity index (χ0n) is 31.6. The lowest BCUT2D eigenvalue weighted by Gasteiger charge is -2.33. The first-order valence-corrected chi connectivity index (χ1v) is 19.2. The van der Waals surface area contributed by atoms with E-state index >= 15 is 0 Å². The molecule has 2 amide bonds. The Morgan fingerprint density at radius 1 is 1.02 bits per heavy atom. The molecule has 0 radical (unpaired) electrons. The summed E-state index contributed by atoms with van der Waals surface area (Å²) >= 11 is 1.21. The van der Waals surface area contributed by atoms with Crippen molar-refractivity contribution in [2.45, 2.75) is 117 Å². The summed E-state index contributed by atoms with van der Waals surface area (Å²) in [6.45, 7) is 12.0. The molecule has 0 bridgehead atoms. The van der Waals surface area contributed by atoms with E-state index in [1.54, 1.807) is 12.3 Å². The molecule has 51 heavy (non-hydrogen) atoms. The Hall–Kier alpha value is -3.64. The van der Waals surface area contributed by atoms with Crippen molar-refractivity contribution in [2.24, 2.45) is 23.7 Å². The maximum atomic E-state index is 13.9. The normalized spacial score (nSPS) is 18.5. The van der Waals surface area contributed by atoms with Crippen LogP contribution in [0.4, 0.5) is 0 Å². The van der Waals surface area contributed by atoms with Crippen LogP contribution >= 0.6 is 11.3 Å². The van der Waals surface area contributed by atoms with Gasteiger partial charge in [-0.05, 0) is 56.7 Å². The molecule has 7 atom stereocenters. The number of likely N-dealkylation sites (tertiary alicyclic amines) is 1. The number of carbonyl (C=O) groups excluding carboxylic acids is 5. The second-order valence-corrected chi connectivity index (χ2v) is 15.3. The fourth-order valence-electron chi connectivity index (χ4n) is 6.70. The SMILES string of the molecule is CC[C@H](C)[C@H](CC(=O)[C@H]1CCCCN1C)C(=O)N[C@H](C[C@@H](OC(C)=O)c1nc(C(=O)N[C@@H](Cc2ccccc2)C[C@H](C)C(=O)OC)cs1)C(C)C. The minimum atomic E-state index is -0.805. The summed E-state index contributed by atoms with van der Waals surface area (Å²) in [6.07, 6.45) is 4.17. The molecule has 0 unspecified atom stereocenters. The first-order valence-electron chi connectivity index (χ1n) is 18.3. The summed E-state index contributed by atoms with van der Waals surface area (Å²) in [5, 5.41) is 8.30. The molecule has 2 aromatic rings. The zero-order chi connectivity index (χ0) is 37.7. The lowest BCUT2D eigenvalue weighted by molar-refractivity contribution is -0.148. The summed E-state index contributed by atoms with van der Waals surface area (Å²) in [5.74, 6) is -2.27. The largest absolute Gasteiger partial charge is 0.469 e. The van der Waals surface area contributed by atoms with E-state index in [2.05, 4.69) is 20.5 Å². The monoisotopic (exact) mass is 726 g/mol. The Balaban J connectivity index is 1.77. The lowest BCUT2D eigenvalue weighted by atomic mass is 9.83. The highest BCUT2D eigenvalue weighted by Crippen LogP contribution is 2.30. The van der Waals surface area contributed by atoms with Gasteiger partial charge in [0.1, 0.15) is 10.7 Å². The summed E-state index contributed by atoms with van der Waals surface area (Å²) in [4.78, 5) is 72.0. The van der Waals surface area contributed by atoms with Crippen LogP contribution in [-0.4, -0.2) is 78.2 Å². The van der Waals surface area contributed by atoms with Crippen LogP contribution in [-0.2, 0) is 35.1 Å². The summed E-state index contributed by atoms with van der Waals surface area (Å²) in [5.41, 5.74) is 1.18. The number of hydrogen-bond donors (Lipinski definition) is 2. The molecule has 3 rings (SSSR count). The lowest BCUT2D eigenvalue weighted by Crippen LogP contribution is -2.47. The molecule has 0 spiro atoms. The number of methoxy groups -OCH3 is 1. The van der Waals surface area contributed by atoms with Crippen molar-refractivity contribution in [1.29, 1.82) is 0 Å². The molecule has 1 saturated heterocycles. The van der Waals surface area contributed by atoms with E-state index in [9.17, 15) is 24.0 Å². The van der Waals surface area contributed by atoms with Gasteiger partial charge in [0.15, 0.2) is 11.9 Å². The van der Waals surface area contributed by atoms with Crippen LogP contribution in [0, 0.1) is 23.7 Å². The average Bonchev–Trinajstić information content (AvgIpc) is 3.60. The van der Waals surface area contributed by atoms with Gasteiger partial charge in [-0.15, -0.1) is 11.3 Å². The van der Waals surface area contributed by atoms with Gasteiger partial charge in [-0.1, -0.05) is 77.8 Å². The number of benzene rings is 1. The molecular formula is C39H58N4O7S. The van der Waals surface area contributed by atoms with Gasteiger partial charge in [0.25, 0.3) is 5.91 Å². The van der Waals surface area contributed by atoms with Gasteiger partial charge in [0.2, 0.25) is 5.91 Å². The third-order valence-corrected chi connectivity index (χ3v) is 11.0. The number of likely N-dealkylation sites (N-methyl/N-ethyl adjacent to an activating group) is 1. The molecule has 11 nitrogen and oxygen atoms in total. The van der Waals surface area contributed by atoms with Crippen LogP contribution in [0.25, 0.3) is 0 Å². The molecule has 0 saturated carbocycles. The molecule has 282 valence electrons. The Morgan fingerprint density at radius 2 is 1.73 bits per heavy atom. The van der Waals surface area contributed by atoms with E-state index in [-0.39, 0.29) is 60.1 Å². The number of carbonyl (C=O) groups is 5. The topological polar surface area (TPSA) is 144 Å². The number of thiazole rings is 1. The molecule has 1 aliphatic heterocycles. The predicted octanol–water partition coefficient (Wildman–Crippen LogP) is 5.92. The minimum Gasteiger partial charge on any atom is -0.469 e. The van der Waals surface area contributed by atoms with E-state index in [1.165, 1.54) is 25.4 Å². The number of esters is 2. The number of hydrogen-bond acceptors (Lipinski definition) is 10. The highest BCUT2D eigenvalue weighted by Gasteiger charge is 2.35. The van der Waals surface area contributed by atoms with Crippen LogP contribution in [0.2, 0.25) is 0 Å². The van der Waals surface area contributed by atoms with Gasteiger partial charge < -0.3 is 20.1 Å². The number of ether oxygens (including phenoxy) is 2. The fourth-order valence-corrected chi connectivity index (χ4v) is 7.54. The summed E-state index contributed by atoms with van der Waals surface area (Å²) in [6, 6.07) is 8.78. The Kier molecular flexibility index (Phi) is 16.7. The number of nitrogens with one attached hydrogen (secondary N) is 2. The number of ketones is 1. The minimum absolute atomic E-state index is 0.00119. The van der Waals surface area contributed by atoms with Crippen LogP contribution in [0.15, 0.2) is 35.7 Å². The smallest absolute Gasteiger partial charge is 0.308 e. The predicted molar refractivity (Wildman–Crippen MR) is 198 cm³/mol. The Labute approximate surface area is 307 Å². The molecule has 0 aliphatic carbocycles. The Bertz CT molecular complexity index is 1450. The standard InChI is InChI=1S/C39H58N4O7S/c1-9-25(4)30(21-34(45)33-17-13-14-18-43(33)7)36(46)41-31(24(2)3)22-35(50-27(6)44)38-42-32(23-51-38)37(47)40-29(19-26(5)39(48)49-8)20-28-15-11-10-12-16-28/h10-12,15-16,23-26,29-31,33,35H,9,13-14,17-22H2,1-8H3,(H,40,47)(H,41,46)/t25-,26-,29+,30-,31+,33+,35+/m0/s1. The number of amides is 2. The first-order chi connectivity index (χ1) is 24.2. The van der Waals surface area contributed by atoms with Gasteiger partial charge in [-0.25, -0.2) is 4.98 Å². The third kappa shape index (κ3) is 12.8. The third-order valence-electron chi connectivity index (χ3n) is 10.1. The van der Waals surface area contributed by atoms with Crippen LogP contribution < -0.4 is 10.6 Å². The van der Waals surface area contributed by atoms with Crippen LogP contribution in [0.3, 0.4) is 0 Å². The van der Waals surface area contributed by atoms with E-state index < -0.39 is 35.9 Å². The number of rotatable bonds is 19. The second-order valence-electron chi connectivity index (χ2n) is 14.4. The van der Waals surface area contributed by atoms with Gasteiger partial charge in [0.05, 0.1) is 19.1 Å². The number of piperidine rings is 1. The van der Waals surface area contributed by atoms with E-state index in [0.717, 1.165) is 37.8 Å². The van der Waals surface area contributed by atoms with Gasteiger partial charge in [0, 0.05) is 43.1 Å². The van der Waals surface area contributed by atoms with E-state index in [1.807, 2.05) is 65.1 Å². The Morgan fingerprint density at radius 3 is 2.33 bits per heavy atom. The molecule has 2 N–H and O–H groups in total. The second kappa shape index (κ2) is 20.4. The molecule has 12 heteroatoms. The maximum Gasteiger partial charge on any atom is 0.308 e. The van der Waals surface area contributed by atoms with Crippen molar-refractivity contribution >= 4 is 40.9 Å². The van der Waals surface area contributed by atoms with Crippen molar-refractivity contribution in [1.82, 2.24) is 20.5 Å². The number of nitrogens with zero attached hydrogens (tertiary/aromatic N) is 2. The summed E-state index contributed by atoms with van der Waals surface area (Å²) < 4.78 is 10.7. The molecule has 1 fully saturated rings. The fraction of sp³-hybridized carbons (Fsp3) is 0.641. The van der Waals surface area contributed by atoms with Crippen molar-refractivity contribution in [3.8, 4) is 0 Å². The van der Waals surface area contributed by atoms with E-state index in [4.69, 9.17) is 9.47 Å². The summed E-state index contributed by atoms with van der Waals surface area (Å²) in [7, 11) is 3.32. The number of aromatic nitrogens is 1. The first kappa shape index (κ1) is 41.8. The zero-order valence-corrected chi connectivity index (χ0v) is 32.4. The quantitative estimate of drug-likeness (QED) is 0.169. The van der Waals surface area contributed by atoms with Gasteiger partial charge >= 0.3 is 11.9 Å².